The minimum atomic E-state index is -3.73. The van der Waals surface area contributed by atoms with Gasteiger partial charge in [-0.3, -0.25) is 4.79 Å². The van der Waals surface area contributed by atoms with Crippen molar-refractivity contribution in [3.05, 3.63) is 18.2 Å². The molecular weight excluding hydrogens is 334 g/mol. The van der Waals surface area contributed by atoms with Gasteiger partial charge < -0.3 is 20.5 Å². The van der Waals surface area contributed by atoms with E-state index in [0.717, 1.165) is 0 Å². The molecule has 1 rings (SSSR count). The van der Waals surface area contributed by atoms with E-state index >= 15 is 0 Å². The number of hydrogen-bond donors (Lipinski definition) is 3. The molecule has 0 aliphatic heterocycles. The zero-order valence-corrected chi connectivity index (χ0v) is 15.0. The van der Waals surface area contributed by atoms with Crippen molar-refractivity contribution in [1.82, 2.24) is 10.0 Å². The van der Waals surface area contributed by atoms with Crippen LogP contribution >= 0.6 is 0 Å². The number of hydrogen-bond acceptors (Lipinski definition) is 6. The summed E-state index contributed by atoms with van der Waals surface area (Å²) in [7, 11) is -0.842. The molecule has 0 aliphatic carbocycles. The van der Waals surface area contributed by atoms with Gasteiger partial charge in [0.2, 0.25) is 15.9 Å². The van der Waals surface area contributed by atoms with Gasteiger partial charge in [0.05, 0.1) is 19.1 Å². The first kappa shape index (κ1) is 20.2. The molecule has 0 radical (unpaired) electrons. The molecule has 1 aromatic carbocycles. The molecular formula is C15H25N3O5S. The molecule has 136 valence electrons. The molecule has 24 heavy (non-hydrogen) atoms. The summed E-state index contributed by atoms with van der Waals surface area (Å²) in [5, 5.41) is 2.68. The second-order valence-corrected chi connectivity index (χ2v) is 7.05. The van der Waals surface area contributed by atoms with Crippen LogP contribution in [0.1, 0.15) is 19.8 Å². The molecule has 0 aromatic heterocycles. The number of methoxy groups -OCH3 is 2. The molecule has 8 nitrogen and oxygen atoms in total. The second-order valence-electron chi connectivity index (χ2n) is 5.28. The predicted molar refractivity (Wildman–Crippen MR) is 90.6 cm³/mol. The number of nitrogens with one attached hydrogen (secondary N) is 2. The number of nitrogens with two attached hydrogens (primary N) is 1. The van der Waals surface area contributed by atoms with E-state index < -0.39 is 10.0 Å². The lowest BCUT2D eigenvalue weighted by Gasteiger charge is -2.11. The maximum atomic E-state index is 12.2. The highest BCUT2D eigenvalue weighted by Gasteiger charge is 2.17. The normalized spacial score (nSPS) is 12.5. The van der Waals surface area contributed by atoms with Crippen molar-refractivity contribution in [3.8, 4) is 11.5 Å². The van der Waals surface area contributed by atoms with Gasteiger partial charge in [0, 0.05) is 31.6 Å². The van der Waals surface area contributed by atoms with Gasteiger partial charge in [-0.25, -0.2) is 13.1 Å². The fourth-order valence-corrected chi connectivity index (χ4v) is 2.94. The van der Waals surface area contributed by atoms with Crippen LogP contribution in [0.5, 0.6) is 11.5 Å². The molecule has 0 spiro atoms. The molecule has 4 N–H and O–H groups in total. The fraction of sp³-hybridized carbons (Fsp3) is 0.533. The molecule has 1 atom stereocenters. The largest absolute Gasteiger partial charge is 0.493 e. The van der Waals surface area contributed by atoms with Crippen LogP contribution < -0.4 is 25.2 Å². The van der Waals surface area contributed by atoms with E-state index in [9.17, 15) is 13.2 Å². The lowest BCUT2D eigenvalue weighted by Crippen LogP contribution is -2.32. The molecule has 0 saturated heterocycles. The monoisotopic (exact) mass is 359 g/mol. The Balaban J connectivity index is 2.56. The van der Waals surface area contributed by atoms with Crippen LogP contribution in [0.4, 0.5) is 0 Å². The lowest BCUT2D eigenvalue weighted by atomic mass is 10.2. The molecule has 0 saturated carbocycles. The number of amides is 1. The van der Waals surface area contributed by atoms with E-state index in [1.807, 2.05) is 6.92 Å². The highest BCUT2D eigenvalue weighted by atomic mass is 32.2. The van der Waals surface area contributed by atoms with Crippen molar-refractivity contribution in [3.63, 3.8) is 0 Å². The van der Waals surface area contributed by atoms with E-state index in [-0.39, 0.29) is 29.8 Å². The van der Waals surface area contributed by atoms with Crippen LogP contribution in [0.2, 0.25) is 0 Å². The van der Waals surface area contributed by atoms with Gasteiger partial charge in [0.15, 0.2) is 11.5 Å². The molecule has 0 aliphatic rings. The van der Waals surface area contributed by atoms with Crippen LogP contribution in [-0.2, 0) is 14.8 Å². The van der Waals surface area contributed by atoms with Crippen molar-refractivity contribution >= 4 is 15.9 Å². The van der Waals surface area contributed by atoms with Crippen molar-refractivity contribution in [2.45, 2.75) is 30.7 Å². The average molecular weight is 359 g/mol. The Morgan fingerprint density at radius 3 is 2.46 bits per heavy atom. The number of sulfonamides is 1. The summed E-state index contributed by atoms with van der Waals surface area (Å²) in [6.07, 6.45) is 0.717. The van der Waals surface area contributed by atoms with Crippen LogP contribution in [0.15, 0.2) is 23.1 Å². The summed E-state index contributed by atoms with van der Waals surface area (Å²) in [6.45, 7) is 2.32. The van der Waals surface area contributed by atoms with Crippen LogP contribution in [0, 0.1) is 0 Å². The molecule has 0 bridgehead atoms. The van der Waals surface area contributed by atoms with Gasteiger partial charge in [-0.1, -0.05) is 0 Å². The molecule has 0 heterocycles. The Bertz CT molecular complexity index is 647. The van der Waals surface area contributed by atoms with E-state index in [1.54, 1.807) is 0 Å². The first-order valence-electron chi connectivity index (χ1n) is 7.54. The topological polar surface area (TPSA) is 120 Å². The second kappa shape index (κ2) is 9.45. The first-order valence-corrected chi connectivity index (χ1v) is 9.02. The number of ether oxygens (including phenoxy) is 2. The summed E-state index contributed by atoms with van der Waals surface area (Å²) >= 11 is 0. The summed E-state index contributed by atoms with van der Waals surface area (Å²) in [5.41, 5.74) is 5.58. The van der Waals surface area contributed by atoms with Crippen molar-refractivity contribution < 1.29 is 22.7 Å². The van der Waals surface area contributed by atoms with Gasteiger partial charge in [-0.05, 0) is 25.5 Å². The third kappa shape index (κ3) is 6.34. The maximum Gasteiger partial charge on any atom is 0.240 e. The molecule has 1 amide bonds. The maximum absolute atomic E-state index is 12.2. The van der Waals surface area contributed by atoms with Gasteiger partial charge in [-0.15, -0.1) is 0 Å². The van der Waals surface area contributed by atoms with Crippen LogP contribution in [-0.4, -0.2) is 47.7 Å². The number of rotatable bonds is 10. The molecule has 1 unspecified atom stereocenters. The number of carbonyl (C=O) groups excluding carboxylic acids is 1. The summed E-state index contributed by atoms with van der Waals surface area (Å²) < 4.78 is 37.0. The van der Waals surface area contributed by atoms with Gasteiger partial charge >= 0.3 is 0 Å². The minimum Gasteiger partial charge on any atom is -0.493 e. The Kier molecular flexibility index (Phi) is 7.96. The summed E-state index contributed by atoms with van der Waals surface area (Å²) in [6, 6.07) is 4.29. The Hall–Kier alpha value is -1.84. The lowest BCUT2D eigenvalue weighted by molar-refractivity contribution is -0.120. The van der Waals surface area contributed by atoms with Gasteiger partial charge in [0.25, 0.3) is 0 Å². The zero-order chi connectivity index (χ0) is 18.2. The molecule has 0 fully saturated rings. The standard InChI is InChI=1S/C15H25N3O5S/c1-11(16)6-8-17-15(19)7-9-18-24(20,21)12-4-5-13(22-2)14(10-12)23-3/h4-5,10-11,18H,6-9,16H2,1-3H3,(H,17,19). The van der Waals surface area contributed by atoms with Crippen LogP contribution in [0.3, 0.4) is 0 Å². The smallest absolute Gasteiger partial charge is 0.240 e. The Morgan fingerprint density at radius 2 is 1.88 bits per heavy atom. The van der Waals surface area contributed by atoms with E-state index in [1.165, 1.54) is 32.4 Å². The van der Waals surface area contributed by atoms with Crippen molar-refractivity contribution in [1.29, 1.82) is 0 Å². The number of benzene rings is 1. The zero-order valence-electron chi connectivity index (χ0n) is 14.2. The van der Waals surface area contributed by atoms with Gasteiger partial charge in [-0.2, -0.15) is 0 Å². The third-order valence-corrected chi connectivity index (χ3v) is 4.69. The summed E-state index contributed by atoms with van der Waals surface area (Å²) in [5.74, 6) is 0.518. The molecule has 9 heteroatoms. The van der Waals surface area contributed by atoms with E-state index in [0.29, 0.717) is 24.5 Å². The average Bonchev–Trinajstić information content (AvgIpc) is 2.53. The van der Waals surface area contributed by atoms with Gasteiger partial charge in [0.1, 0.15) is 0 Å². The summed E-state index contributed by atoms with van der Waals surface area (Å²) in [4.78, 5) is 11.6. The molecule has 1 aromatic rings. The highest BCUT2D eigenvalue weighted by Crippen LogP contribution is 2.29. The SMILES string of the molecule is COc1ccc(S(=O)(=O)NCCC(=O)NCCC(C)N)cc1OC. The van der Waals surface area contributed by atoms with Crippen LogP contribution in [0.25, 0.3) is 0 Å². The van der Waals surface area contributed by atoms with Crippen molar-refractivity contribution in [2.75, 3.05) is 27.3 Å². The fourth-order valence-electron chi connectivity index (χ4n) is 1.89. The Morgan fingerprint density at radius 1 is 1.21 bits per heavy atom. The predicted octanol–water partition coefficient (Wildman–Crippen LogP) is 0.226. The number of carbonyl (C=O) groups is 1. The third-order valence-electron chi connectivity index (χ3n) is 3.23. The highest BCUT2D eigenvalue weighted by molar-refractivity contribution is 7.89. The quantitative estimate of drug-likeness (QED) is 0.550. The minimum absolute atomic E-state index is 0.000684. The van der Waals surface area contributed by atoms with E-state index in [2.05, 4.69) is 10.0 Å². The first-order chi connectivity index (χ1) is 11.3. The van der Waals surface area contributed by atoms with Crippen molar-refractivity contribution in [2.24, 2.45) is 5.73 Å². The van der Waals surface area contributed by atoms with E-state index in [4.69, 9.17) is 15.2 Å². The Labute approximate surface area is 142 Å².